The van der Waals surface area contributed by atoms with Crippen LogP contribution in [0.5, 0.6) is 0 Å². The molecule has 1 heterocycles. The molecule has 18 heavy (non-hydrogen) atoms. The lowest BCUT2D eigenvalue weighted by atomic mass is 9.90. The van der Waals surface area contributed by atoms with Crippen LogP contribution in [-0.2, 0) is 4.74 Å². The fourth-order valence-electron chi connectivity index (χ4n) is 2.59. The maximum atomic E-state index is 11.4. The summed E-state index contributed by atoms with van der Waals surface area (Å²) >= 11 is 0. The topological polar surface area (TPSA) is 61.8 Å². The van der Waals surface area contributed by atoms with Crippen molar-refractivity contribution in [1.29, 1.82) is 0 Å². The maximum absolute atomic E-state index is 11.4. The summed E-state index contributed by atoms with van der Waals surface area (Å²) in [6.45, 7) is 7.56. The molecule has 0 bridgehead atoms. The van der Waals surface area contributed by atoms with E-state index < -0.39 is 0 Å². The number of carbonyl (C=O) groups is 1. The zero-order valence-corrected chi connectivity index (χ0v) is 11.5. The summed E-state index contributed by atoms with van der Waals surface area (Å²) in [6.07, 6.45) is 2.53. The maximum Gasteiger partial charge on any atom is 0.407 e. The molecule has 106 valence electrons. The Morgan fingerprint density at radius 2 is 2.22 bits per heavy atom. The van der Waals surface area contributed by atoms with Crippen LogP contribution in [0.15, 0.2) is 0 Å². The number of alkyl carbamates (subject to hydrolysis) is 1. The highest BCUT2D eigenvalue weighted by Gasteiger charge is 2.27. The van der Waals surface area contributed by atoms with Crippen molar-refractivity contribution in [2.45, 2.75) is 39.2 Å². The number of likely N-dealkylation sites (N-methyl/N-ethyl adjacent to an activating group) is 1. The normalized spacial score (nSPS) is 24.8. The van der Waals surface area contributed by atoms with Crippen molar-refractivity contribution in [3.63, 3.8) is 0 Å². The van der Waals surface area contributed by atoms with Gasteiger partial charge in [-0.2, -0.15) is 0 Å². The molecule has 0 aliphatic carbocycles. The molecule has 0 aromatic rings. The molecular formula is C13H26N2O3. The molecule has 1 amide bonds. The fraction of sp³-hybridized carbons (Fsp3) is 0.923. The van der Waals surface area contributed by atoms with Crippen LogP contribution in [-0.4, -0.2) is 55.0 Å². The van der Waals surface area contributed by atoms with Crippen molar-refractivity contribution in [2.75, 3.05) is 32.8 Å². The molecule has 0 spiro atoms. The van der Waals surface area contributed by atoms with Gasteiger partial charge in [-0.1, -0.05) is 6.92 Å². The summed E-state index contributed by atoms with van der Waals surface area (Å²) in [5.41, 5.74) is 0. The Kier molecular flexibility index (Phi) is 7.05. The van der Waals surface area contributed by atoms with Crippen LogP contribution in [0.1, 0.15) is 33.1 Å². The molecule has 5 nitrogen and oxygen atoms in total. The molecule has 2 atom stereocenters. The molecule has 0 aromatic heterocycles. The highest BCUT2D eigenvalue weighted by molar-refractivity contribution is 5.67. The number of hydrogen-bond acceptors (Lipinski definition) is 4. The summed E-state index contributed by atoms with van der Waals surface area (Å²) in [5.74, 6) is 0.553. The van der Waals surface area contributed by atoms with Crippen molar-refractivity contribution in [2.24, 2.45) is 5.92 Å². The van der Waals surface area contributed by atoms with Gasteiger partial charge in [0.2, 0.25) is 0 Å². The van der Waals surface area contributed by atoms with Crippen LogP contribution in [0, 0.1) is 5.92 Å². The van der Waals surface area contributed by atoms with E-state index in [9.17, 15) is 4.79 Å². The zero-order chi connectivity index (χ0) is 13.4. The lowest BCUT2D eigenvalue weighted by Crippen LogP contribution is -2.50. The van der Waals surface area contributed by atoms with Gasteiger partial charge in [0, 0.05) is 25.7 Å². The summed E-state index contributed by atoms with van der Waals surface area (Å²) in [7, 11) is 0. The van der Waals surface area contributed by atoms with E-state index in [1.165, 1.54) is 0 Å². The fourth-order valence-corrected chi connectivity index (χ4v) is 2.59. The first-order chi connectivity index (χ1) is 8.69. The lowest BCUT2D eigenvalue weighted by molar-refractivity contribution is 0.114. The number of aliphatic hydroxyl groups excluding tert-OH is 1. The monoisotopic (exact) mass is 258 g/mol. The Morgan fingerprint density at radius 3 is 2.83 bits per heavy atom. The summed E-state index contributed by atoms with van der Waals surface area (Å²) in [4.78, 5) is 13.8. The van der Waals surface area contributed by atoms with Gasteiger partial charge in [0.05, 0.1) is 6.61 Å². The Balaban J connectivity index is 2.43. The minimum absolute atomic E-state index is 0.168. The number of ether oxygens (including phenoxy) is 1. The molecular weight excluding hydrogens is 232 g/mol. The molecule has 2 unspecified atom stereocenters. The van der Waals surface area contributed by atoms with Crippen molar-refractivity contribution in [3.05, 3.63) is 0 Å². The van der Waals surface area contributed by atoms with E-state index in [1.54, 1.807) is 0 Å². The van der Waals surface area contributed by atoms with Gasteiger partial charge in [0.1, 0.15) is 0 Å². The number of nitrogens with one attached hydrogen (secondary N) is 1. The third kappa shape index (κ3) is 5.23. The second-order valence-electron chi connectivity index (χ2n) is 4.88. The lowest BCUT2D eigenvalue weighted by Gasteiger charge is -2.37. The average Bonchev–Trinajstić information content (AvgIpc) is 2.36. The van der Waals surface area contributed by atoms with E-state index >= 15 is 0 Å². The highest BCUT2D eigenvalue weighted by Crippen LogP contribution is 2.21. The predicted octanol–water partition coefficient (Wildman–Crippen LogP) is 1.22. The quantitative estimate of drug-likeness (QED) is 0.752. The highest BCUT2D eigenvalue weighted by atomic mass is 16.5. The standard InChI is InChI=1S/C13H26N2O3/c1-3-15-9-11(6-5-7-16)8-12(10-15)14-13(17)18-4-2/h11-12,16H,3-10H2,1-2H3,(H,14,17). The number of rotatable bonds is 6. The Morgan fingerprint density at radius 1 is 1.44 bits per heavy atom. The van der Waals surface area contributed by atoms with Crippen LogP contribution in [0.4, 0.5) is 4.79 Å². The second-order valence-corrected chi connectivity index (χ2v) is 4.88. The first-order valence-corrected chi connectivity index (χ1v) is 6.96. The number of carbonyl (C=O) groups excluding carboxylic acids is 1. The number of piperidine rings is 1. The Bertz CT molecular complexity index is 248. The molecule has 1 rings (SSSR count). The average molecular weight is 258 g/mol. The third-order valence-corrected chi connectivity index (χ3v) is 3.43. The molecule has 1 aliphatic rings. The molecule has 5 heteroatoms. The first-order valence-electron chi connectivity index (χ1n) is 6.96. The Hall–Kier alpha value is -0.810. The zero-order valence-electron chi connectivity index (χ0n) is 11.5. The minimum atomic E-state index is -0.318. The molecule has 1 fully saturated rings. The van der Waals surface area contributed by atoms with Crippen molar-refractivity contribution in [3.8, 4) is 0 Å². The minimum Gasteiger partial charge on any atom is -0.450 e. The van der Waals surface area contributed by atoms with E-state index in [4.69, 9.17) is 9.84 Å². The van der Waals surface area contributed by atoms with Crippen LogP contribution >= 0.6 is 0 Å². The number of amides is 1. The van der Waals surface area contributed by atoms with E-state index in [2.05, 4.69) is 17.1 Å². The summed E-state index contributed by atoms with van der Waals surface area (Å²) < 4.78 is 4.92. The van der Waals surface area contributed by atoms with Gasteiger partial charge in [-0.05, 0) is 38.6 Å². The van der Waals surface area contributed by atoms with Gasteiger partial charge in [-0.3, -0.25) is 0 Å². The van der Waals surface area contributed by atoms with Gasteiger partial charge in [-0.25, -0.2) is 4.79 Å². The molecule has 2 N–H and O–H groups in total. The van der Waals surface area contributed by atoms with E-state index in [0.717, 1.165) is 38.9 Å². The van der Waals surface area contributed by atoms with Gasteiger partial charge < -0.3 is 20.1 Å². The van der Waals surface area contributed by atoms with Crippen LogP contribution in [0.2, 0.25) is 0 Å². The van der Waals surface area contributed by atoms with Crippen molar-refractivity contribution >= 4 is 6.09 Å². The van der Waals surface area contributed by atoms with Crippen LogP contribution < -0.4 is 5.32 Å². The number of nitrogens with zero attached hydrogens (tertiary/aromatic N) is 1. The van der Waals surface area contributed by atoms with E-state index in [1.807, 2.05) is 6.92 Å². The number of likely N-dealkylation sites (tertiary alicyclic amines) is 1. The SMILES string of the molecule is CCOC(=O)NC1CC(CCCO)CN(CC)C1. The van der Waals surface area contributed by atoms with Crippen LogP contribution in [0.3, 0.4) is 0 Å². The van der Waals surface area contributed by atoms with Gasteiger partial charge in [0.25, 0.3) is 0 Å². The predicted molar refractivity (Wildman–Crippen MR) is 70.5 cm³/mol. The summed E-state index contributed by atoms with van der Waals surface area (Å²) in [6, 6.07) is 0.168. The third-order valence-electron chi connectivity index (χ3n) is 3.43. The molecule has 0 radical (unpaired) electrons. The van der Waals surface area contributed by atoms with E-state index in [-0.39, 0.29) is 18.7 Å². The molecule has 1 saturated heterocycles. The first kappa shape index (κ1) is 15.2. The second kappa shape index (κ2) is 8.32. The van der Waals surface area contributed by atoms with Crippen LogP contribution in [0.25, 0.3) is 0 Å². The van der Waals surface area contributed by atoms with Gasteiger partial charge >= 0.3 is 6.09 Å². The molecule has 0 aromatic carbocycles. The smallest absolute Gasteiger partial charge is 0.407 e. The summed E-state index contributed by atoms with van der Waals surface area (Å²) in [5, 5.41) is 11.8. The molecule has 1 aliphatic heterocycles. The largest absolute Gasteiger partial charge is 0.450 e. The van der Waals surface area contributed by atoms with E-state index in [0.29, 0.717) is 12.5 Å². The molecule has 0 saturated carbocycles. The van der Waals surface area contributed by atoms with Crippen molar-refractivity contribution in [1.82, 2.24) is 10.2 Å². The Labute approximate surface area is 109 Å². The van der Waals surface area contributed by atoms with Gasteiger partial charge in [0.15, 0.2) is 0 Å². The number of hydrogen-bond donors (Lipinski definition) is 2. The number of aliphatic hydroxyl groups is 1. The van der Waals surface area contributed by atoms with Crippen molar-refractivity contribution < 1.29 is 14.6 Å². The van der Waals surface area contributed by atoms with Gasteiger partial charge in [-0.15, -0.1) is 0 Å².